The van der Waals surface area contributed by atoms with Crippen molar-refractivity contribution in [1.29, 1.82) is 0 Å². The van der Waals surface area contributed by atoms with Gasteiger partial charge in [-0.3, -0.25) is 4.79 Å². The Kier molecular flexibility index (Phi) is 5.07. The van der Waals surface area contributed by atoms with Crippen molar-refractivity contribution in [2.24, 2.45) is 0 Å². The molecular formula is C21H20ClFN6O2. The molecule has 1 N–H and O–H groups in total. The molecule has 2 aliphatic heterocycles. The third-order valence-electron chi connectivity index (χ3n) is 5.70. The standard InChI is InChI=1S/C21H20ClFN6O2/c22-14-2-1-3-16(10-14)27-18(30)17-13-29-9-6-24-19(29)21(31-17)4-7-28(8-5-21)20-25-11-15(23)12-26-20/h1-3,6,9-12,17H,4-5,7-8,13H2,(H,27,30). The van der Waals surface area contributed by atoms with Crippen LogP contribution in [0.5, 0.6) is 0 Å². The highest BCUT2D eigenvalue weighted by Gasteiger charge is 2.47. The minimum atomic E-state index is -0.686. The summed E-state index contributed by atoms with van der Waals surface area (Å²) in [6, 6.07) is 7.01. The lowest BCUT2D eigenvalue weighted by atomic mass is 9.88. The molecule has 3 aromatic rings. The van der Waals surface area contributed by atoms with E-state index in [1.807, 2.05) is 15.7 Å². The van der Waals surface area contributed by atoms with Crippen LogP contribution >= 0.6 is 11.6 Å². The molecule has 160 valence electrons. The molecule has 10 heteroatoms. The highest BCUT2D eigenvalue weighted by molar-refractivity contribution is 6.30. The number of piperidine rings is 1. The smallest absolute Gasteiger partial charge is 0.255 e. The van der Waals surface area contributed by atoms with Crippen LogP contribution in [0.3, 0.4) is 0 Å². The Labute approximate surface area is 183 Å². The van der Waals surface area contributed by atoms with Crippen LogP contribution in [0.2, 0.25) is 5.02 Å². The molecule has 1 spiro atoms. The fraction of sp³-hybridized carbons (Fsp3) is 0.333. The number of carbonyl (C=O) groups is 1. The summed E-state index contributed by atoms with van der Waals surface area (Å²) < 4.78 is 21.5. The quantitative estimate of drug-likeness (QED) is 0.671. The summed E-state index contributed by atoms with van der Waals surface area (Å²) >= 11 is 6.03. The van der Waals surface area contributed by atoms with Crippen LogP contribution in [-0.2, 0) is 21.7 Å². The molecule has 0 bridgehead atoms. The normalized spacial score (nSPS) is 19.8. The van der Waals surface area contributed by atoms with Gasteiger partial charge in [0.05, 0.1) is 18.9 Å². The van der Waals surface area contributed by atoms with Gasteiger partial charge in [-0.25, -0.2) is 19.3 Å². The number of anilines is 2. The fourth-order valence-corrected chi connectivity index (χ4v) is 4.39. The van der Waals surface area contributed by atoms with Gasteiger partial charge >= 0.3 is 0 Å². The third kappa shape index (κ3) is 3.86. The van der Waals surface area contributed by atoms with E-state index in [0.717, 1.165) is 18.2 Å². The van der Waals surface area contributed by atoms with Gasteiger partial charge in [0.15, 0.2) is 11.9 Å². The van der Waals surface area contributed by atoms with Crippen LogP contribution < -0.4 is 10.2 Å². The Morgan fingerprint density at radius 1 is 1.23 bits per heavy atom. The Morgan fingerprint density at radius 2 is 2.00 bits per heavy atom. The summed E-state index contributed by atoms with van der Waals surface area (Å²) in [4.78, 5) is 27.6. The molecule has 8 nitrogen and oxygen atoms in total. The summed E-state index contributed by atoms with van der Waals surface area (Å²) in [6.07, 6.45) is 6.45. The van der Waals surface area contributed by atoms with Crippen molar-refractivity contribution in [3.8, 4) is 0 Å². The van der Waals surface area contributed by atoms with Crippen molar-refractivity contribution in [1.82, 2.24) is 19.5 Å². The lowest BCUT2D eigenvalue weighted by Gasteiger charge is -2.45. The zero-order chi connectivity index (χ0) is 21.4. The molecule has 1 atom stereocenters. The number of halogens is 2. The molecule has 1 unspecified atom stereocenters. The van der Waals surface area contributed by atoms with Crippen LogP contribution in [0.15, 0.2) is 49.1 Å². The maximum absolute atomic E-state index is 13.1. The van der Waals surface area contributed by atoms with Crippen LogP contribution in [0, 0.1) is 5.82 Å². The van der Waals surface area contributed by atoms with Gasteiger partial charge in [0.25, 0.3) is 5.91 Å². The van der Waals surface area contributed by atoms with Gasteiger partial charge in [0.1, 0.15) is 11.4 Å². The maximum atomic E-state index is 13.1. The molecule has 2 aliphatic rings. The number of benzene rings is 1. The first kappa shape index (κ1) is 19.9. The van der Waals surface area contributed by atoms with E-state index in [2.05, 4.69) is 20.3 Å². The minimum Gasteiger partial charge on any atom is -0.352 e. The van der Waals surface area contributed by atoms with Gasteiger partial charge in [-0.15, -0.1) is 0 Å². The van der Waals surface area contributed by atoms with E-state index in [1.165, 1.54) is 0 Å². The van der Waals surface area contributed by atoms with E-state index in [-0.39, 0.29) is 5.91 Å². The lowest BCUT2D eigenvalue weighted by molar-refractivity contribution is -0.162. The molecule has 1 saturated heterocycles. The number of fused-ring (bicyclic) bond motifs is 2. The van der Waals surface area contributed by atoms with Crippen molar-refractivity contribution in [2.45, 2.75) is 31.1 Å². The average molecular weight is 443 g/mol. The highest BCUT2D eigenvalue weighted by atomic mass is 35.5. The topological polar surface area (TPSA) is 85.2 Å². The number of hydrogen-bond donors (Lipinski definition) is 1. The van der Waals surface area contributed by atoms with E-state index in [4.69, 9.17) is 16.3 Å². The first-order valence-electron chi connectivity index (χ1n) is 10.0. The monoisotopic (exact) mass is 442 g/mol. The summed E-state index contributed by atoms with van der Waals surface area (Å²) in [5.74, 6) is 0.596. The first-order chi connectivity index (χ1) is 15.0. The van der Waals surface area contributed by atoms with Crippen molar-refractivity contribution in [2.75, 3.05) is 23.3 Å². The predicted octanol–water partition coefficient (Wildman–Crippen LogP) is 3.00. The van der Waals surface area contributed by atoms with Crippen molar-refractivity contribution in [3.05, 3.63) is 65.7 Å². The first-order valence-corrected chi connectivity index (χ1v) is 10.4. The molecule has 5 rings (SSSR count). The summed E-state index contributed by atoms with van der Waals surface area (Å²) in [5.41, 5.74) is -0.0657. The predicted molar refractivity (Wildman–Crippen MR) is 112 cm³/mol. The second-order valence-electron chi connectivity index (χ2n) is 7.69. The number of hydrogen-bond acceptors (Lipinski definition) is 6. The average Bonchev–Trinajstić information content (AvgIpc) is 3.25. The minimum absolute atomic E-state index is 0.231. The third-order valence-corrected chi connectivity index (χ3v) is 5.93. The van der Waals surface area contributed by atoms with Crippen molar-refractivity contribution < 1.29 is 13.9 Å². The Bertz CT molecular complexity index is 1100. The Morgan fingerprint density at radius 3 is 2.74 bits per heavy atom. The molecule has 1 amide bonds. The van der Waals surface area contributed by atoms with E-state index in [1.54, 1.807) is 30.5 Å². The number of ether oxygens (including phenoxy) is 1. The van der Waals surface area contributed by atoms with Crippen LogP contribution in [-0.4, -0.2) is 44.6 Å². The van der Waals surface area contributed by atoms with E-state index < -0.39 is 17.5 Å². The van der Waals surface area contributed by atoms with E-state index >= 15 is 0 Å². The maximum Gasteiger partial charge on any atom is 0.255 e. The number of carbonyl (C=O) groups excluding carboxylic acids is 1. The summed E-state index contributed by atoms with van der Waals surface area (Å²) in [6.45, 7) is 1.58. The van der Waals surface area contributed by atoms with Crippen LogP contribution in [0.4, 0.5) is 16.0 Å². The zero-order valence-electron chi connectivity index (χ0n) is 16.5. The largest absolute Gasteiger partial charge is 0.352 e. The Balaban J connectivity index is 1.34. The van der Waals surface area contributed by atoms with E-state index in [0.29, 0.717) is 49.1 Å². The van der Waals surface area contributed by atoms with Crippen LogP contribution in [0.1, 0.15) is 18.7 Å². The van der Waals surface area contributed by atoms with Gasteiger partial charge in [0.2, 0.25) is 5.95 Å². The summed E-state index contributed by atoms with van der Waals surface area (Å²) in [5, 5.41) is 3.44. The van der Waals surface area contributed by atoms with Gasteiger partial charge in [-0.05, 0) is 18.2 Å². The highest BCUT2D eigenvalue weighted by Crippen LogP contribution is 2.40. The number of aromatic nitrogens is 4. The van der Waals surface area contributed by atoms with Gasteiger partial charge in [0, 0.05) is 49.0 Å². The van der Waals surface area contributed by atoms with Crippen molar-refractivity contribution in [3.63, 3.8) is 0 Å². The molecule has 0 radical (unpaired) electrons. The molecule has 0 saturated carbocycles. The molecule has 2 aromatic heterocycles. The number of amides is 1. The fourth-order valence-electron chi connectivity index (χ4n) is 4.20. The molecule has 31 heavy (non-hydrogen) atoms. The molecule has 1 aromatic carbocycles. The van der Waals surface area contributed by atoms with Gasteiger partial charge < -0.3 is 19.5 Å². The van der Waals surface area contributed by atoms with Gasteiger partial charge in [-0.2, -0.15) is 0 Å². The second-order valence-corrected chi connectivity index (χ2v) is 8.13. The molecule has 1 fully saturated rings. The van der Waals surface area contributed by atoms with Crippen molar-refractivity contribution >= 4 is 29.1 Å². The number of rotatable bonds is 3. The summed E-state index contributed by atoms with van der Waals surface area (Å²) in [7, 11) is 0. The molecule has 0 aliphatic carbocycles. The zero-order valence-corrected chi connectivity index (χ0v) is 17.3. The lowest BCUT2D eigenvalue weighted by Crippen LogP contribution is -2.53. The van der Waals surface area contributed by atoms with Crippen LogP contribution in [0.25, 0.3) is 0 Å². The Hall–Kier alpha value is -3.04. The number of nitrogens with zero attached hydrogens (tertiary/aromatic N) is 5. The molecular weight excluding hydrogens is 423 g/mol. The number of imidazole rings is 1. The SMILES string of the molecule is O=C(Nc1cccc(Cl)c1)C1Cn2ccnc2C2(CCN(c3ncc(F)cn3)CC2)O1. The number of nitrogens with one attached hydrogen (secondary N) is 1. The van der Waals surface area contributed by atoms with Gasteiger partial charge in [-0.1, -0.05) is 17.7 Å². The van der Waals surface area contributed by atoms with E-state index in [9.17, 15) is 9.18 Å². The molecule has 4 heterocycles. The second kappa shape index (κ2) is 7.90.